The summed E-state index contributed by atoms with van der Waals surface area (Å²) < 4.78 is 0. The van der Waals surface area contributed by atoms with Crippen molar-refractivity contribution in [2.24, 2.45) is 5.92 Å². The molecule has 1 saturated carbocycles. The van der Waals surface area contributed by atoms with E-state index in [1.807, 2.05) is 24.3 Å². The molecule has 1 aliphatic carbocycles. The fraction of sp³-hybridized carbons (Fsp3) is 0.500. The molecule has 3 rings (SSSR count). The minimum absolute atomic E-state index is 0.118. The number of hydrogen-bond acceptors (Lipinski definition) is 2. The molecule has 0 spiro atoms. The Morgan fingerprint density at radius 3 is 2.70 bits per heavy atom. The van der Waals surface area contributed by atoms with Gasteiger partial charge in [-0.2, -0.15) is 0 Å². The molecule has 1 heterocycles. The number of benzene rings is 1. The quantitative estimate of drug-likeness (QED) is 0.919. The van der Waals surface area contributed by atoms with Gasteiger partial charge in [0, 0.05) is 30.3 Å². The summed E-state index contributed by atoms with van der Waals surface area (Å²) in [5, 5.41) is 2.99. The Hall–Kier alpha value is -1.84. The van der Waals surface area contributed by atoms with Gasteiger partial charge in [-0.15, -0.1) is 0 Å². The van der Waals surface area contributed by atoms with Crippen LogP contribution in [0.25, 0.3) is 0 Å². The second-order valence-corrected chi connectivity index (χ2v) is 5.67. The molecule has 20 heavy (non-hydrogen) atoms. The van der Waals surface area contributed by atoms with Gasteiger partial charge in [-0.3, -0.25) is 9.59 Å². The van der Waals surface area contributed by atoms with Crippen LogP contribution in [-0.4, -0.2) is 18.4 Å². The Kier molecular flexibility index (Phi) is 3.72. The van der Waals surface area contributed by atoms with Crippen LogP contribution in [0.15, 0.2) is 24.3 Å². The van der Waals surface area contributed by atoms with Crippen LogP contribution in [0.1, 0.15) is 38.5 Å². The van der Waals surface area contributed by atoms with E-state index in [0.717, 1.165) is 50.0 Å². The van der Waals surface area contributed by atoms with Gasteiger partial charge < -0.3 is 10.2 Å². The predicted octanol–water partition coefficient (Wildman–Crippen LogP) is 2.94. The van der Waals surface area contributed by atoms with Crippen LogP contribution in [0.4, 0.5) is 11.4 Å². The number of nitrogens with zero attached hydrogens (tertiary/aromatic N) is 1. The topological polar surface area (TPSA) is 49.4 Å². The highest BCUT2D eigenvalue weighted by Gasteiger charge is 2.24. The summed E-state index contributed by atoms with van der Waals surface area (Å²) in [6, 6.07) is 7.60. The zero-order valence-corrected chi connectivity index (χ0v) is 11.6. The fourth-order valence-corrected chi connectivity index (χ4v) is 3.11. The summed E-state index contributed by atoms with van der Waals surface area (Å²) in [4.78, 5) is 25.7. The lowest BCUT2D eigenvalue weighted by atomic mass is 10.1. The molecule has 0 unspecified atom stereocenters. The highest BCUT2D eigenvalue weighted by Crippen LogP contribution is 2.28. The third-order valence-electron chi connectivity index (χ3n) is 4.22. The van der Waals surface area contributed by atoms with Gasteiger partial charge in [0.1, 0.15) is 0 Å². The standard InChI is InChI=1S/C16H20N2O2/c19-15-9-4-10-18(15)14-8-3-7-13(11-14)17-16(20)12-5-1-2-6-12/h3,7-8,11-12H,1-2,4-6,9-10H2,(H,17,20). The van der Waals surface area contributed by atoms with Crippen LogP contribution in [-0.2, 0) is 9.59 Å². The van der Waals surface area contributed by atoms with Gasteiger partial charge in [0.25, 0.3) is 0 Å². The van der Waals surface area contributed by atoms with E-state index in [9.17, 15) is 9.59 Å². The zero-order chi connectivity index (χ0) is 13.9. The van der Waals surface area contributed by atoms with Crippen molar-refractivity contribution in [3.63, 3.8) is 0 Å². The van der Waals surface area contributed by atoms with Crippen molar-refractivity contribution < 1.29 is 9.59 Å². The van der Waals surface area contributed by atoms with Crippen LogP contribution in [0.2, 0.25) is 0 Å². The molecule has 0 radical (unpaired) electrons. The third kappa shape index (κ3) is 2.69. The summed E-state index contributed by atoms with van der Waals surface area (Å²) in [6.45, 7) is 0.777. The SMILES string of the molecule is O=C(Nc1cccc(N2CCCC2=O)c1)C1CCCC1. The first-order chi connectivity index (χ1) is 9.74. The highest BCUT2D eigenvalue weighted by atomic mass is 16.2. The van der Waals surface area contributed by atoms with Gasteiger partial charge in [-0.05, 0) is 37.5 Å². The lowest BCUT2D eigenvalue weighted by Crippen LogP contribution is -2.24. The van der Waals surface area contributed by atoms with Crippen molar-refractivity contribution in [1.82, 2.24) is 0 Å². The van der Waals surface area contributed by atoms with Crippen molar-refractivity contribution in [1.29, 1.82) is 0 Å². The summed E-state index contributed by atoms with van der Waals surface area (Å²) in [7, 11) is 0. The first-order valence-corrected chi connectivity index (χ1v) is 7.45. The van der Waals surface area contributed by atoms with Crippen LogP contribution < -0.4 is 10.2 Å². The largest absolute Gasteiger partial charge is 0.326 e. The maximum atomic E-state index is 12.1. The van der Waals surface area contributed by atoms with Crippen LogP contribution in [0, 0.1) is 5.92 Å². The number of nitrogens with one attached hydrogen (secondary N) is 1. The minimum atomic E-state index is 0.118. The molecule has 1 N–H and O–H groups in total. The molecule has 1 aromatic carbocycles. The Balaban J connectivity index is 1.70. The van der Waals surface area contributed by atoms with Crippen molar-refractivity contribution in [2.75, 3.05) is 16.8 Å². The van der Waals surface area contributed by atoms with Crippen molar-refractivity contribution in [3.05, 3.63) is 24.3 Å². The number of carbonyl (C=O) groups excluding carboxylic acids is 2. The number of hydrogen-bond donors (Lipinski definition) is 1. The molecule has 2 fully saturated rings. The Bertz CT molecular complexity index is 521. The molecule has 1 aromatic rings. The van der Waals surface area contributed by atoms with E-state index in [4.69, 9.17) is 0 Å². The molecular formula is C16H20N2O2. The number of anilines is 2. The normalized spacial score (nSPS) is 19.6. The lowest BCUT2D eigenvalue weighted by molar-refractivity contribution is -0.119. The highest BCUT2D eigenvalue weighted by molar-refractivity contribution is 5.97. The molecule has 0 atom stereocenters. The van der Waals surface area contributed by atoms with E-state index in [-0.39, 0.29) is 17.7 Å². The first-order valence-electron chi connectivity index (χ1n) is 7.45. The Morgan fingerprint density at radius 2 is 2.00 bits per heavy atom. The van der Waals surface area contributed by atoms with E-state index >= 15 is 0 Å². The summed E-state index contributed by atoms with van der Waals surface area (Å²) in [6.07, 6.45) is 5.84. The smallest absolute Gasteiger partial charge is 0.227 e. The summed E-state index contributed by atoms with van der Waals surface area (Å²) in [5.74, 6) is 0.448. The van der Waals surface area contributed by atoms with E-state index in [0.29, 0.717) is 6.42 Å². The van der Waals surface area contributed by atoms with Crippen LogP contribution in [0.3, 0.4) is 0 Å². The molecule has 2 amide bonds. The Morgan fingerprint density at radius 1 is 1.20 bits per heavy atom. The second kappa shape index (κ2) is 5.65. The number of amides is 2. The molecule has 106 valence electrons. The van der Waals surface area contributed by atoms with Gasteiger partial charge in [0.2, 0.25) is 11.8 Å². The monoisotopic (exact) mass is 272 g/mol. The third-order valence-corrected chi connectivity index (χ3v) is 4.22. The Labute approximate surface area is 119 Å². The van der Waals surface area contributed by atoms with Gasteiger partial charge in [0.05, 0.1) is 0 Å². The average Bonchev–Trinajstić information content (AvgIpc) is 3.10. The molecule has 4 nitrogen and oxygen atoms in total. The lowest BCUT2D eigenvalue weighted by Gasteiger charge is -2.17. The second-order valence-electron chi connectivity index (χ2n) is 5.67. The first kappa shape index (κ1) is 13.2. The van der Waals surface area contributed by atoms with Crippen LogP contribution >= 0.6 is 0 Å². The molecule has 0 aromatic heterocycles. The molecule has 1 saturated heterocycles. The van der Waals surface area contributed by atoms with Gasteiger partial charge in [-0.1, -0.05) is 18.9 Å². The molecule has 4 heteroatoms. The van der Waals surface area contributed by atoms with E-state index in [1.165, 1.54) is 0 Å². The molecule has 0 bridgehead atoms. The van der Waals surface area contributed by atoms with Crippen molar-refractivity contribution >= 4 is 23.2 Å². The number of rotatable bonds is 3. The maximum absolute atomic E-state index is 12.1. The zero-order valence-electron chi connectivity index (χ0n) is 11.6. The average molecular weight is 272 g/mol. The minimum Gasteiger partial charge on any atom is -0.326 e. The van der Waals surface area contributed by atoms with Gasteiger partial charge in [0.15, 0.2) is 0 Å². The van der Waals surface area contributed by atoms with Crippen LogP contribution in [0.5, 0.6) is 0 Å². The van der Waals surface area contributed by atoms with E-state index < -0.39 is 0 Å². The van der Waals surface area contributed by atoms with Gasteiger partial charge >= 0.3 is 0 Å². The summed E-state index contributed by atoms with van der Waals surface area (Å²) >= 11 is 0. The fourth-order valence-electron chi connectivity index (χ4n) is 3.11. The molecule has 1 aliphatic heterocycles. The number of carbonyl (C=O) groups is 2. The summed E-state index contributed by atoms with van der Waals surface area (Å²) in [5.41, 5.74) is 1.68. The maximum Gasteiger partial charge on any atom is 0.227 e. The predicted molar refractivity (Wildman–Crippen MR) is 78.6 cm³/mol. The van der Waals surface area contributed by atoms with E-state index in [2.05, 4.69) is 5.32 Å². The molecular weight excluding hydrogens is 252 g/mol. The molecule has 2 aliphatic rings. The van der Waals surface area contributed by atoms with E-state index in [1.54, 1.807) is 4.90 Å². The van der Waals surface area contributed by atoms with Crippen molar-refractivity contribution in [3.8, 4) is 0 Å². The van der Waals surface area contributed by atoms with Crippen molar-refractivity contribution in [2.45, 2.75) is 38.5 Å². The van der Waals surface area contributed by atoms with Gasteiger partial charge in [-0.25, -0.2) is 0 Å².